The lowest BCUT2D eigenvalue weighted by molar-refractivity contribution is 0.308. The second kappa shape index (κ2) is 4.38. The van der Waals surface area contributed by atoms with Crippen molar-refractivity contribution in [1.82, 2.24) is 0 Å². The highest BCUT2D eigenvalue weighted by Crippen LogP contribution is 1.97. The van der Waals surface area contributed by atoms with Crippen LogP contribution in [0.15, 0.2) is 24.1 Å². The van der Waals surface area contributed by atoms with Crippen LogP contribution in [0.25, 0.3) is 0 Å². The van der Waals surface area contributed by atoms with Crippen LogP contribution in [0.1, 0.15) is 0 Å². The lowest BCUT2D eigenvalue weighted by atomic mass is 10.6. The summed E-state index contributed by atoms with van der Waals surface area (Å²) < 4.78 is 4.99. The number of methoxy groups -OCH3 is 1. The first-order valence-electron chi connectivity index (χ1n) is 3.09. The van der Waals surface area contributed by atoms with Crippen molar-refractivity contribution in [3.63, 3.8) is 0 Å². The molecule has 0 unspecified atom stereocenters. The van der Waals surface area contributed by atoms with Crippen molar-refractivity contribution in [3.05, 3.63) is 24.1 Å². The van der Waals surface area contributed by atoms with Gasteiger partial charge in [-0.25, -0.2) is 0 Å². The predicted molar refractivity (Wildman–Crippen MR) is 44.2 cm³/mol. The quantitative estimate of drug-likeness (QED) is 0.331. The van der Waals surface area contributed by atoms with E-state index in [4.69, 9.17) is 4.74 Å². The molecule has 0 bridgehead atoms. The molecule has 0 aliphatic rings. The molecule has 0 rings (SSSR count). The first kappa shape index (κ1) is 8.50. The van der Waals surface area contributed by atoms with E-state index < -0.39 is 8.80 Å². The summed E-state index contributed by atoms with van der Waals surface area (Å²) >= 11 is 0. The first-order valence-corrected chi connectivity index (χ1v) is 6.06. The van der Waals surface area contributed by atoms with Gasteiger partial charge in [0.25, 0.3) is 0 Å². The molecule has 0 fully saturated rings. The Morgan fingerprint density at radius 1 is 1.56 bits per heavy atom. The Hall–Kier alpha value is -0.503. The Morgan fingerprint density at radius 2 is 2.11 bits per heavy atom. The first-order chi connectivity index (χ1) is 4.20. The van der Waals surface area contributed by atoms with Gasteiger partial charge in [0, 0.05) is 0 Å². The molecule has 0 aromatic carbocycles. The Bertz CT molecular complexity index is 116. The SMILES string of the molecule is C=CC(=C[SiH](C)C)OC. The highest BCUT2D eigenvalue weighted by molar-refractivity contribution is 6.61. The van der Waals surface area contributed by atoms with E-state index in [1.807, 2.05) is 0 Å². The van der Waals surface area contributed by atoms with Crippen LogP contribution < -0.4 is 0 Å². The molecule has 2 heteroatoms. The van der Waals surface area contributed by atoms with E-state index in [1.54, 1.807) is 13.2 Å². The molecule has 0 aliphatic heterocycles. The molecular formula is C7H14OSi. The van der Waals surface area contributed by atoms with Crippen LogP contribution in [0, 0.1) is 0 Å². The third-order valence-corrected chi connectivity index (χ3v) is 1.93. The van der Waals surface area contributed by atoms with Crippen molar-refractivity contribution in [3.8, 4) is 0 Å². The fourth-order valence-corrected chi connectivity index (χ4v) is 1.48. The topological polar surface area (TPSA) is 9.23 Å². The summed E-state index contributed by atoms with van der Waals surface area (Å²) in [4.78, 5) is 0. The lowest BCUT2D eigenvalue weighted by Gasteiger charge is -1.99. The standard InChI is InChI=1S/C7H14OSi/c1-5-7(8-2)6-9(3)4/h5-6,9H,1H2,2-4H3. The minimum absolute atomic E-state index is 0.622. The van der Waals surface area contributed by atoms with Gasteiger partial charge >= 0.3 is 0 Å². The van der Waals surface area contributed by atoms with Gasteiger partial charge in [-0.3, -0.25) is 0 Å². The number of hydrogen-bond donors (Lipinski definition) is 0. The Balaban J connectivity index is 3.90. The Morgan fingerprint density at radius 3 is 2.22 bits per heavy atom. The molecule has 0 atom stereocenters. The highest BCUT2D eigenvalue weighted by atomic mass is 28.3. The molecule has 0 spiro atoms. The summed E-state index contributed by atoms with van der Waals surface area (Å²) in [6, 6.07) is 0. The molecule has 1 nitrogen and oxygen atoms in total. The molecule has 0 aromatic heterocycles. The van der Waals surface area contributed by atoms with E-state index in [1.165, 1.54) is 0 Å². The highest BCUT2D eigenvalue weighted by Gasteiger charge is 1.91. The maximum absolute atomic E-state index is 4.99. The largest absolute Gasteiger partial charge is 0.498 e. The molecule has 0 radical (unpaired) electrons. The summed E-state index contributed by atoms with van der Waals surface area (Å²) in [5.74, 6) is 0.914. The van der Waals surface area contributed by atoms with Crippen molar-refractivity contribution in [2.45, 2.75) is 13.1 Å². The fourth-order valence-electron chi connectivity index (χ4n) is 0.548. The van der Waals surface area contributed by atoms with E-state index in [0.717, 1.165) is 5.76 Å². The predicted octanol–water partition coefficient (Wildman–Crippen LogP) is 1.73. The monoisotopic (exact) mass is 142 g/mol. The summed E-state index contributed by atoms with van der Waals surface area (Å²) in [5, 5.41) is 0. The molecule has 9 heavy (non-hydrogen) atoms. The molecule has 0 heterocycles. The van der Waals surface area contributed by atoms with Gasteiger partial charge in [-0.1, -0.05) is 25.4 Å². The van der Waals surface area contributed by atoms with Crippen LogP contribution in [0.3, 0.4) is 0 Å². The van der Waals surface area contributed by atoms with Gasteiger partial charge in [0.05, 0.1) is 15.9 Å². The zero-order valence-corrected chi connectivity index (χ0v) is 7.50. The summed E-state index contributed by atoms with van der Waals surface area (Å²) in [7, 11) is 1.05. The van der Waals surface area contributed by atoms with Crippen LogP contribution in [0.5, 0.6) is 0 Å². The average Bonchev–Trinajstić information content (AvgIpc) is 1.82. The maximum Gasteiger partial charge on any atom is 0.110 e. The second-order valence-corrected chi connectivity index (χ2v) is 5.04. The number of hydrogen-bond acceptors (Lipinski definition) is 1. The second-order valence-electron chi connectivity index (χ2n) is 2.22. The minimum atomic E-state index is -0.622. The van der Waals surface area contributed by atoms with Crippen molar-refractivity contribution in [1.29, 1.82) is 0 Å². The van der Waals surface area contributed by atoms with Crippen LogP contribution in [-0.4, -0.2) is 15.9 Å². The zero-order chi connectivity index (χ0) is 7.28. The van der Waals surface area contributed by atoms with Gasteiger partial charge in [-0.2, -0.15) is 0 Å². The third kappa shape index (κ3) is 4.03. The molecule has 0 amide bonds. The normalized spacial score (nSPS) is 11.8. The molecule has 52 valence electrons. The van der Waals surface area contributed by atoms with Crippen LogP contribution >= 0.6 is 0 Å². The van der Waals surface area contributed by atoms with E-state index >= 15 is 0 Å². The Labute approximate surface area is 58.6 Å². The van der Waals surface area contributed by atoms with Crippen LogP contribution in [0.4, 0.5) is 0 Å². The van der Waals surface area contributed by atoms with E-state index in [0.29, 0.717) is 0 Å². The van der Waals surface area contributed by atoms with E-state index in [-0.39, 0.29) is 0 Å². The average molecular weight is 142 g/mol. The molecule has 0 aliphatic carbocycles. The van der Waals surface area contributed by atoms with Gasteiger partial charge in [0.15, 0.2) is 0 Å². The van der Waals surface area contributed by atoms with Crippen molar-refractivity contribution in [2.24, 2.45) is 0 Å². The molecule has 0 N–H and O–H groups in total. The molecule has 0 saturated heterocycles. The van der Waals surface area contributed by atoms with Gasteiger partial charge in [0.1, 0.15) is 5.76 Å². The van der Waals surface area contributed by atoms with Crippen LogP contribution in [0.2, 0.25) is 13.1 Å². The van der Waals surface area contributed by atoms with Crippen molar-refractivity contribution >= 4 is 8.80 Å². The van der Waals surface area contributed by atoms with Gasteiger partial charge in [-0.05, 0) is 6.08 Å². The van der Waals surface area contributed by atoms with Crippen molar-refractivity contribution < 1.29 is 4.74 Å². The third-order valence-electron chi connectivity index (χ3n) is 0.934. The Kier molecular flexibility index (Phi) is 4.14. The number of ether oxygens (including phenoxy) is 1. The van der Waals surface area contributed by atoms with Gasteiger partial charge in [0.2, 0.25) is 0 Å². The summed E-state index contributed by atoms with van der Waals surface area (Å²) in [6.45, 7) is 8.09. The lowest BCUT2D eigenvalue weighted by Crippen LogP contribution is -1.96. The molecule has 0 saturated carbocycles. The minimum Gasteiger partial charge on any atom is -0.498 e. The summed E-state index contributed by atoms with van der Waals surface area (Å²) in [6.07, 6.45) is 1.74. The summed E-state index contributed by atoms with van der Waals surface area (Å²) in [5.41, 5.74) is 2.16. The van der Waals surface area contributed by atoms with Crippen LogP contribution in [-0.2, 0) is 4.74 Å². The molecule has 0 aromatic rings. The van der Waals surface area contributed by atoms with Gasteiger partial charge in [-0.15, -0.1) is 0 Å². The zero-order valence-electron chi connectivity index (χ0n) is 6.35. The maximum atomic E-state index is 4.99. The van der Waals surface area contributed by atoms with E-state index in [2.05, 4.69) is 25.4 Å². The number of rotatable bonds is 3. The van der Waals surface area contributed by atoms with E-state index in [9.17, 15) is 0 Å². The smallest absolute Gasteiger partial charge is 0.110 e. The fraction of sp³-hybridized carbons (Fsp3) is 0.429. The van der Waals surface area contributed by atoms with Crippen molar-refractivity contribution in [2.75, 3.05) is 7.11 Å². The number of allylic oxidation sites excluding steroid dienone is 1. The molecular weight excluding hydrogens is 128 g/mol. The van der Waals surface area contributed by atoms with Gasteiger partial charge < -0.3 is 4.74 Å².